The van der Waals surface area contributed by atoms with Gasteiger partial charge in [0.1, 0.15) is 0 Å². The van der Waals surface area contributed by atoms with Crippen molar-refractivity contribution in [2.24, 2.45) is 0 Å². The summed E-state index contributed by atoms with van der Waals surface area (Å²) in [5.74, 6) is 0.0674. The predicted molar refractivity (Wildman–Crippen MR) is 88.6 cm³/mol. The Morgan fingerprint density at radius 2 is 2.10 bits per heavy atom. The van der Waals surface area contributed by atoms with Gasteiger partial charge in [0, 0.05) is 17.8 Å². The maximum absolute atomic E-state index is 12.6. The van der Waals surface area contributed by atoms with E-state index in [0.717, 1.165) is 34.4 Å². The van der Waals surface area contributed by atoms with Gasteiger partial charge in [0.15, 0.2) is 5.78 Å². The predicted octanol–water partition coefficient (Wildman–Crippen LogP) is 3.54. The van der Waals surface area contributed by atoms with Crippen molar-refractivity contribution < 1.29 is 4.79 Å². The molecule has 2 N–H and O–H groups in total. The van der Waals surface area contributed by atoms with Crippen LogP contribution >= 0.6 is 15.9 Å². The summed E-state index contributed by atoms with van der Waals surface area (Å²) in [4.78, 5) is 12.6. The van der Waals surface area contributed by atoms with Crippen LogP contribution in [0.5, 0.6) is 0 Å². The van der Waals surface area contributed by atoms with Gasteiger partial charge in [-0.1, -0.05) is 19.1 Å². The van der Waals surface area contributed by atoms with Gasteiger partial charge in [0.2, 0.25) is 0 Å². The number of hydrogen-bond donors (Lipinski definition) is 1. The number of anilines is 1. The normalized spacial score (nSPS) is 10.9. The van der Waals surface area contributed by atoms with Gasteiger partial charge in [-0.25, -0.2) is 0 Å². The number of aromatic nitrogens is 2. The fourth-order valence-corrected chi connectivity index (χ4v) is 3.09. The molecule has 112 valence electrons. The molecule has 2 aromatic rings. The summed E-state index contributed by atoms with van der Waals surface area (Å²) in [6, 6.07) is 5.46. The fourth-order valence-electron chi connectivity index (χ4n) is 2.39. The molecule has 0 saturated heterocycles. The molecule has 1 heterocycles. The van der Waals surface area contributed by atoms with Crippen LogP contribution in [0.4, 0.5) is 5.69 Å². The lowest BCUT2D eigenvalue weighted by atomic mass is 10.00. The third kappa shape index (κ3) is 3.02. The first-order valence-electron chi connectivity index (χ1n) is 7.11. The number of Topliss-reactive ketones (excluding diaryl/α,β-unsaturated/α-hetero) is 1. The van der Waals surface area contributed by atoms with Crippen LogP contribution in [0.2, 0.25) is 0 Å². The van der Waals surface area contributed by atoms with E-state index >= 15 is 0 Å². The van der Waals surface area contributed by atoms with Gasteiger partial charge in [-0.3, -0.25) is 9.48 Å². The molecule has 0 unspecified atom stereocenters. The van der Waals surface area contributed by atoms with E-state index in [9.17, 15) is 4.79 Å². The summed E-state index contributed by atoms with van der Waals surface area (Å²) in [7, 11) is 0. The van der Waals surface area contributed by atoms with E-state index in [2.05, 4.69) is 28.0 Å². The van der Waals surface area contributed by atoms with Crippen molar-refractivity contribution in [3.8, 4) is 0 Å². The fraction of sp³-hybridized carbons (Fsp3) is 0.375. The smallest absolute Gasteiger partial charge is 0.169 e. The van der Waals surface area contributed by atoms with Gasteiger partial charge in [-0.2, -0.15) is 5.10 Å². The minimum atomic E-state index is 0.0674. The lowest BCUT2D eigenvalue weighted by Crippen LogP contribution is -2.12. The molecular weight excluding hydrogens is 330 g/mol. The number of nitrogens with two attached hydrogens (primary N) is 1. The van der Waals surface area contributed by atoms with Crippen molar-refractivity contribution in [2.75, 3.05) is 5.73 Å². The number of benzene rings is 1. The number of rotatable bonds is 5. The monoisotopic (exact) mass is 349 g/mol. The van der Waals surface area contributed by atoms with Gasteiger partial charge in [0.25, 0.3) is 0 Å². The number of nitrogen functional groups attached to an aromatic ring is 1. The number of ketones is 1. The standard InChI is InChI=1S/C16H20BrN3O/c1-4-13-16(17)14(20(5-2)19-13)9-15(21)11-7-6-8-12(18)10(11)3/h6-8H,4-5,9,18H2,1-3H3. The Hall–Kier alpha value is -1.62. The molecule has 4 nitrogen and oxygen atoms in total. The van der Waals surface area contributed by atoms with Crippen molar-refractivity contribution in [3.05, 3.63) is 45.2 Å². The molecule has 2 rings (SSSR count). The molecule has 0 atom stereocenters. The highest BCUT2D eigenvalue weighted by atomic mass is 79.9. The maximum Gasteiger partial charge on any atom is 0.169 e. The highest BCUT2D eigenvalue weighted by molar-refractivity contribution is 9.10. The highest BCUT2D eigenvalue weighted by Gasteiger charge is 2.19. The summed E-state index contributed by atoms with van der Waals surface area (Å²) in [5, 5.41) is 4.53. The van der Waals surface area contributed by atoms with Gasteiger partial charge in [0.05, 0.1) is 22.3 Å². The second-order valence-electron chi connectivity index (χ2n) is 5.00. The molecule has 0 amide bonds. The quantitative estimate of drug-likeness (QED) is 0.663. The van der Waals surface area contributed by atoms with Gasteiger partial charge in [-0.05, 0) is 47.8 Å². The Kier molecular flexibility index (Phi) is 4.83. The number of aryl methyl sites for hydroxylation is 2. The number of halogens is 1. The van der Waals surface area contributed by atoms with Crippen molar-refractivity contribution >= 4 is 27.4 Å². The molecule has 5 heteroatoms. The molecular formula is C16H20BrN3O. The Morgan fingerprint density at radius 3 is 2.71 bits per heavy atom. The van der Waals surface area contributed by atoms with Crippen LogP contribution < -0.4 is 5.73 Å². The SMILES string of the molecule is CCc1nn(CC)c(CC(=O)c2cccc(N)c2C)c1Br. The maximum atomic E-state index is 12.6. The molecule has 0 aliphatic rings. The number of carbonyl (C=O) groups is 1. The van der Waals surface area contributed by atoms with Crippen molar-refractivity contribution in [1.82, 2.24) is 9.78 Å². The van der Waals surface area contributed by atoms with Crippen molar-refractivity contribution in [3.63, 3.8) is 0 Å². The topological polar surface area (TPSA) is 60.9 Å². The molecule has 1 aromatic carbocycles. The lowest BCUT2D eigenvalue weighted by Gasteiger charge is -2.09. The van der Waals surface area contributed by atoms with Gasteiger partial charge in [-0.15, -0.1) is 0 Å². The molecule has 0 aliphatic heterocycles. The van der Waals surface area contributed by atoms with E-state index < -0.39 is 0 Å². The Morgan fingerprint density at radius 1 is 1.38 bits per heavy atom. The lowest BCUT2D eigenvalue weighted by molar-refractivity contribution is 0.0990. The largest absolute Gasteiger partial charge is 0.398 e. The molecule has 0 aliphatic carbocycles. The minimum absolute atomic E-state index is 0.0674. The number of nitrogens with zero attached hydrogens (tertiary/aromatic N) is 2. The molecule has 21 heavy (non-hydrogen) atoms. The van der Waals surface area contributed by atoms with E-state index in [1.165, 1.54) is 0 Å². The van der Waals surface area contributed by atoms with E-state index in [1.807, 2.05) is 36.7 Å². The van der Waals surface area contributed by atoms with Crippen LogP contribution in [-0.2, 0) is 19.4 Å². The van der Waals surface area contributed by atoms with E-state index in [0.29, 0.717) is 17.7 Å². The zero-order valence-electron chi connectivity index (χ0n) is 12.6. The van der Waals surface area contributed by atoms with E-state index in [1.54, 1.807) is 0 Å². The van der Waals surface area contributed by atoms with Crippen LogP contribution in [0.1, 0.15) is 41.2 Å². The van der Waals surface area contributed by atoms with E-state index in [4.69, 9.17) is 5.73 Å². The van der Waals surface area contributed by atoms with Crippen molar-refractivity contribution in [2.45, 2.75) is 40.2 Å². The summed E-state index contributed by atoms with van der Waals surface area (Å²) in [6.07, 6.45) is 1.16. The van der Waals surface area contributed by atoms with Crippen LogP contribution in [0.15, 0.2) is 22.7 Å². The first-order chi connectivity index (χ1) is 9.99. The molecule has 0 radical (unpaired) electrons. The zero-order chi connectivity index (χ0) is 15.6. The Balaban J connectivity index is 2.36. The minimum Gasteiger partial charge on any atom is -0.398 e. The van der Waals surface area contributed by atoms with Crippen LogP contribution in [0, 0.1) is 6.92 Å². The van der Waals surface area contributed by atoms with Crippen LogP contribution in [0.3, 0.4) is 0 Å². The average molecular weight is 350 g/mol. The van der Waals surface area contributed by atoms with Crippen LogP contribution in [-0.4, -0.2) is 15.6 Å². The number of hydrogen-bond acceptors (Lipinski definition) is 3. The van der Waals surface area contributed by atoms with Gasteiger partial charge < -0.3 is 5.73 Å². The van der Waals surface area contributed by atoms with E-state index in [-0.39, 0.29) is 5.78 Å². The third-order valence-electron chi connectivity index (χ3n) is 3.70. The van der Waals surface area contributed by atoms with Gasteiger partial charge >= 0.3 is 0 Å². The van der Waals surface area contributed by atoms with Crippen LogP contribution in [0.25, 0.3) is 0 Å². The Bertz CT molecular complexity index is 676. The Labute approximate surface area is 133 Å². The average Bonchev–Trinajstić information content (AvgIpc) is 2.78. The molecule has 0 spiro atoms. The summed E-state index contributed by atoms with van der Waals surface area (Å²) in [6.45, 7) is 6.71. The molecule has 0 saturated carbocycles. The highest BCUT2D eigenvalue weighted by Crippen LogP contribution is 2.25. The van der Waals surface area contributed by atoms with Crippen molar-refractivity contribution in [1.29, 1.82) is 0 Å². The summed E-state index contributed by atoms with van der Waals surface area (Å²) in [5.41, 5.74) is 9.99. The molecule has 0 fully saturated rings. The third-order valence-corrected chi connectivity index (χ3v) is 4.61. The number of carbonyl (C=O) groups excluding carboxylic acids is 1. The zero-order valence-corrected chi connectivity index (χ0v) is 14.2. The summed E-state index contributed by atoms with van der Waals surface area (Å²) >= 11 is 3.58. The first kappa shape index (κ1) is 15.8. The summed E-state index contributed by atoms with van der Waals surface area (Å²) < 4.78 is 2.84. The molecule has 0 bridgehead atoms. The molecule has 1 aromatic heterocycles. The second kappa shape index (κ2) is 6.43. The second-order valence-corrected chi connectivity index (χ2v) is 5.79. The first-order valence-corrected chi connectivity index (χ1v) is 7.91.